The van der Waals surface area contributed by atoms with Crippen molar-refractivity contribution in [1.29, 1.82) is 0 Å². The maximum atomic E-state index is 12.6. The van der Waals surface area contributed by atoms with Gasteiger partial charge in [0.15, 0.2) is 0 Å². The number of rotatable bonds is 5. The zero-order valence-electron chi connectivity index (χ0n) is 12.0. The van der Waals surface area contributed by atoms with Gasteiger partial charge in [0.25, 0.3) is 0 Å². The predicted molar refractivity (Wildman–Crippen MR) is 69.2 cm³/mol. The van der Waals surface area contributed by atoms with Crippen molar-refractivity contribution in [3.8, 4) is 0 Å². The molecule has 0 spiro atoms. The molecule has 2 atom stereocenters. The van der Waals surface area contributed by atoms with E-state index in [2.05, 4.69) is 4.74 Å². The van der Waals surface area contributed by atoms with E-state index in [-0.39, 0.29) is 19.0 Å². The van der Waals surface area contributed by atoms with Gasteiger partial charge >= 0.3 is 12.1 Å². The van der Waals surface area contributed by atoms with Crippen LogP contribution in [0, 0.1) is 5.92 Å². The van der Waals surface area contributed by atoms with Gasteiger partial charge in [-0.25, -0.2) is 0 Å². The molecule has 2 unspecified atom stereocenters. The van der Waals surface area contributed by atoms with Gasteiger partial charge in [0.05, 0.1) is 13.5 Å². The van der Waals surface area contributed by atoms with Gasteiger partial charge in [0, 0.05) is 18.5 Å². The summed E-state index contributed by atoms with van der Waals surface area (Å²) in [6.07, 6.45) is -2.30. The molecule has 0 bridgehead atoms. The normalized spacial score (nSPS) is 22.7. The van der Waals surface area contributed by atoms with Gasteiger partial charge in [-0.1, -0.05) is 6.42 Å². The molecule has 0 radical (unpaired) electrons. The Balaban J connectivity index is 2.69. The maximum absolute atomic E-state index is 12.6. The van der Waals surface area contributed by atoms with Crippen molar-refractivity contribution in [3.05, 3.63) is 0 Å². The van der Waals surface area contributed by atoms with Crippen LogP contribution in [0.2, 0.25) is 0 Å². The van der Waals surface area contributed by atoms with Gasteiger partial charge in [-0.05, 0) is 19.3 Å². The van der Waals surface area contributed by atoms with Crippen molar-refractivity contribution >= 4 is 11.9 Å². The second-order valence-electron chi connectivity index (χ2n) is 5.32. The first-order valence-corrected chi connectivity index (χ1v) is 6.91. The van der Waals surface area contributed by atoms with Gasteiger partial charge in [-0.2, -0.15) is 13.2 Å². The Hall–Kier alpha value is -1.31. The number of methoxy groups -OCH3 is 1. The van der Waals surface area contributed by atoms with Crippen LogP contribution in [0.15, 0.2) is 0 Å². The molecule has 0 aromatic rings. The molecule has 2 N–H and O–H groups in total. The standard InChI is InChI=1S/C13H21F3N2O3/c1-21-11(19)5-6-18(8-13(14,15)16)12(20)9-3-2-4-10(17)7-9/h9-10H,2-8,17H2,1H3. The molecule has 0 saturated heterocycles. The number of hydrogen-bond donors (Lipinski definition) is 1. The molecule has 1 aliphatic rings. The minimum absolute atomic E-state index is 0.152. The third kappa shape index (κ3) is 6.33. The number of carbonyl (C=O) groups is 2. The third-order valence-electron chi connectivity index (χ3n) is 3.56. The molecule has 0 heterocycles. The number of amides is 1. The first-order chi connectivity index (χ1) is 9.73. The quantitative estimate of drug-likeness (QED) is 0.780. The topological polar surface area (TPSA) is 72.6 Å². The summed E-state index contributed by atoms with van der Waals surface area (Å²) in [5.74, 6) is -1.71. The summed E-state index contributed by atoms with van der Waals surface area (Å²) in [5.41, 5.74) is 5.77. The zero-order valence-corrected chi connectivity index (χ0v) is 12.0. The number of ether oxygens (including phenoxy) is 1. The summed E-state index contributed by atoms with van der Waals surface area (Å²) in [6, 6.07) is -0.152. The van der Waals surface area contributed by atoms with Crippen LogP contribution in [0.5, 0.6) is 0 Å². The lowest BCUT2D eigenvalue weighted by atomic mass is 9.85. The number of alkyl halides is 3. The van der Waals surface area contributed by atoms with Crippen LogP contribution < -0.4 is 5.73 Å². The molecule has 122 valence electrons. The molecule has 1 amide bonds. The second-order valence-corrected chi connectivity index (χ2v) is 5.32. The minimum Gasteiger partial charge on any atom is -0.469 e. The molecule has 1 saturated carbocycles. The summed E-state index contributed by atoms with van der Waals surface area (Å²) < 4.78 is 42.1. The number of esters is 1. The second kappa shape index (κ2) is 7.63. The molecular weight excluding hydrogens is 289 g/mol. The Morgan fingerprint density at radius 2 is 2.00 bits per heavy atom. The van der Waals surface area contributed by atoms with Gasteiger partial charge in [-0.3, -0.25) is 9.59 Å². The fraction of sp³-hybridized carbons (Fsp3) is 0.846. The Morgan fingerprint density at radius 1 is 1.33 bits per heavy atom. The number of nitrogens with zero attached hydrogens (tertiary/aromatic N) is 1. The average molecular weight is 310 g/mol. The van der Waals surface area contributed by atoms with Crippen LogP contribution >= 0.6 is 0 Å². The van der Waals surface area contributed by atoms with Crippen molar-refractivity contribution in [2.75, 3.05) is 20.2 Å². The molecule has 0 aliphatic heterocycles. The minimum atomic E-state index is -4.50. The van der Waals surface area contributed by atoms with Gasteiger partial charge in [0.2, 0.25) is 5.91 Å². The Kier molecular flexibility index (Phi) is 6.44. The van der Waals surface area contributed by atoms with Crippen molar-refractivity contribution < 1.29 is 27.5 Å². The Morgan fingerprint density at radius 3 is 2.52 bits per heavy atom. The maximum Gasteiger partial charge on any atom is 0.406 e. The van der Waals surface area contributed by atoms with Crippen LogP contribution in [0.3, 0.4) is 0 Å². The smallest absolute Gasteiger partial charge is 0.406 e. The van der Waals surface area contributed by atoms with Gasteiger partial charge in [0.1, 0.15) is 6.54 Å². The number of carbonyl (C=O) groups excluding carboxylic acids is 2. The van der Waals surface area contributed by atoms with Crippen LogP contribution in [0.4, 0.5) is 13.2 Å². The summed E-state index contributed by atoms with van der Waals surface area (Å²) in [7, 11) is 1.15. The molecular formula is C13H21F3N2O3. The van der Waals surface area contributed by atoms with E-state index in [9.17, 15) is 22.8 Å². The van der Waals surface area contributed by atoms with Crippen LogP contribution in [-0.4, -0.2) is 49.2 Å². The van der Waals surface area contributed by atoms with E-state index in [1.807, 2.05) is 0 Å². The highest BCUT2D eigenvalue weighted by molar-refractivity contribution is 5.79. The lowest BCUT2D eigenvalue weighted by Crippen LogP contribution is -2.45. The van der Waals surface area contributed by atoms with Gasteiger partial charge < -0.3 is 15.4 Å². The SMILES string of the molecule is COC(=O)CCN(CC(F)(F)F)C(=O)C1CCCC(N)C1. The number of hydrogen-bond acceptors (Lipinski definition) is 4. The van der Waals surface area contributed by atoms with E-state index >= 15 is 0 Å². The first kappa shape index (κ1) is 17.7. The summed E-state index contributed by atoms with van der Waals surface area (Å²) in [6.45, 7) is -1.65. The van der Waals surface area contributed by atoms with E-state index in [1.54, 1.807) is 0 Å². The fourth-order valence-electron chi connectivity index (χ4n) is 2.52. The van der Waals surface area contributed by atoms with E-state index < -0.39 is 30.5 Å². The van der Waals surface area contributed by atoms with Crippen LogP contribution in [0.25, 0.3) is 0 Å². The van der Waals surface area contributed by atoms with E-state index in [0.717, 1.165) is 20.0 Å². The molecule has 5 nitrogen and oxygen atoms in total. The summed E-state index contributed by atoms with van der Waals surface area (Å²) in [5, 5.41) is 0. The van der Waals surface area contributed by atoms with Crippen LogP contribution in [0.1, 0.15) is 32.1 Å². The Labute approximate surface area is 121 Å². The molecule has 0 aromatic heterocycles. The molecule has 1 rings (SSSR count). The largest absolute Gasteiger partial charge is 0.469 e. The molecule has 8 heteroatoms. The average Bonchev–Trinajstić information content (AvgIpc) is 2.41. The lowest BCUT2D eigenvalue weighted by Gasteiger charge is -2.31. The van der Waals surface area contributed by atoms with E-state index in [0.29, 0.717) is 17.7 Å². The van der Waals surface area contributed by atoms with Crippen LogP contribution in [-0.2, 0) is 14.3 Å². The molecule has 1 fully saturated rings. The summed E-state index contributed by atoms with van der Waals surface area (Å²) >= 11 is 0. The molecule has 21 heavy (non-hydrogen) atoms. The monoisotopic (exact) mass is 310 g/mol. The summed E-state index contributed by atoms with van der Waals surface area (Å²) in [4.78, 5) is 24.0. The molecule has 0 aromatic carbocycles. The highest BCUT2D eigenvalue weighted by Gasteiger charge is 2.36. The van der Waals surface area contributed by atoms with Crippen molar-refractivity contribution in [3.63, 3.8) is 0 Å². The van der Waals surface area contributed by atoms with Gasteiger partial charge in [-0.15, -0.1) is 0 Å². The molecule has 1 aliphatic carbocycles. The van der Waals surface area contributed by atoms with Crippen molar-refractivity contribution in [2.45, 2.75) is 44.3 Å². The zero-order chi connectivity index (χ0) is 16.0. The number of nitrogens with two attached hydrogens (primary N) is 1. The van der Waals surface area contributed by atoms with Crippen molar-refractivity contribution in [2.24, 2.45) is 11.7 Å². The first-order valence-electron chi connectivity index (χ1n) is 6.91. The number of halogens is 3. The Bertz CT molecular complexity index is 374. The predicted octanol–water partition coefficient (Wildman–Crippen LogP) is 1.46. The third-order valence-corrected chi connectivity index (χ3v) is 3.56. The van der Waals surface area contributed by atoms with Crippen molar-refractivity contribution in [1.82, 2.24) is 4.90 Å². The fourth-order valence-corrected chi connectivity index (χ4v) is 2.52. The van der Waals surface area contributed by atoms with E-state index in [4.69, 9.17) is 5.73 Å². The highest BCUT2D eigenvalue weighted by atomic mass is 19.4. The van der Waals surface area contributed by atoms with E-state index in [1.165, 1.54) is 0 Å². The lowest BCUT2D eigenvalue weighted by molar-refractivity contribution is -0.165. The highest BCUT2D eigenvalue weighted by Crippen LogP contribution is 2.26.